The van der Waals surface area contributed by atoms with Crippen molar-refractivity contribution in [1.29, 1.82) is 0 Å². The molecule has 2 aromatic heterocycles. The predicted molar refractivity (Wildman–Crippen MR) is 117 cm³/mol. The van der Waals surface area contributed by atoms with Gasteiger partial charge >= 0.3 is 5.97 Å². The molecule has 154 valence electrons. The van der Waals surface area contributed by atoms with E-state index in [4.69, 9.17) is 15.2 Å². The molecule has 0 aliphatic heterocycles. The number of ether oxygens (including phenoxy) is 2. The second-order valence-corrected chi connectivity index (χ2v) is 6.90. The number of hydrogen-bond donors (Lipinski definition) is 1. The van der Waals surface area contributed by atoms with Crippen LogP contribution in [0.2, 0.25) is 0 Å². The lowest BCUT2D eigenvalue weighted by Gasteiger charge is -2.05. The first kappa shape index (κ1) is 20.0. The van der Waals surface area contributed by atoms with Crippen LogP contribution in [0.25, 0.3) is 5.52 Å². The Bertz CT molecular complexity index is 1320. The van der Waals surface area contributed by atoms with Gasteiger partial charge in [0.25, 0.3) is 0 Å². The van der Waals surface area contributed by atoms with Gasteiger partial charge in [-0.15, -0.1) is 0 Å². The third-order valence-corrected chi connectivity index (χ3v) is 4.63. The summed E-state index contributed by atoms with van der Waals surface area (Å²) in [6.07, 6.45) is 1.29. The van der Waals surface area contributed by atoms with E-state index in [9.17, 15) is 4.79 Å². The Hall–Kier alpha value is -4.31. The number of benzene rings is 2. The Morgan fingerprint density at radius 1 is 1.13 bits per heavy atom. The summed E-state index contributed by atoms with van der Waals surface area (Å²) < 4.78 is 12.2. The second-order valence-electron chi connectivity index (χ2n) is 6.90. The number of carbonyl (C=O) groups is 1. The summed E-state index contributed by atoms with van der Waals surface area (Å²) in [5.41, 5.74) is 9.97. The highest BCUT2D eigenvalue weighted by atomic mass is 16.5. The highest BCUT2D eigenvalue weighted by Crippen LogP contribution is 2.21. The number of hydrogen-bond acceptors (Lipinski definition) is 6. The van der Waals surface area contributed by atoms with Crippen LogP contribution in [-0.4, -0.2) is 27.7 Å². The van der Waals surface area contributed by atoms with Gasteiger partial charge in [0, 0.05) is 5.56 Å². The number of aromatic nitrogens is 3. The summed E-state index contributed by atoms with van der Waals surface area (Å²) in [5.74, 6) is 6.60. The predicted octanol–water partition coefficient (Wildman–Crippen LogP) is 3.39. The zero-order chi connectivity index (χ0) is 21.8. The van der Waals surface area contributed by atoms with Crippen molar-refractivity contribution >= 4 is 17.3 Å². The van der Waals surface area contributed by atoms with Gasteiger partial charge in [-0.1, -0.05) is 42.2 Å². The van der Waals surface area contributed by atoms with Crippen LogP contribution in [0.1, 0.15) is 32.7 Å². The highest BCUT2D eigenvalue weighted by Gasteiger charge is 2.19. The number of rotatable bonds is 4. The summed E-state index contributed by atoms with van der Waals surface area (Å²) in [6.45, 7) is 2.12. The lowest BCUT2D eigenvalue weighted by Crippen LogP contribution is -2.10. The van der Waals surface area contributed by atoms with Crippen LogP contribution in [0.3, 0.4) is 0 Å². The Kier molecular flexibility index (Phi) is 5.54. The van der Waals surface area contributed by atoms with Crippen LogP contribution < -0.4 is 10.5 Å². The molecule has 0 aliphatic carbocycles. The normalized spacial score (nSPS) is 10.4. The smallest absolute Gasteiger partial charge is 0.357 e. The van der Waals surface area contributed by atoms with E-state index in [1.807, 2.05) is 55.5 Å². The standard InChI is InChI=1S/C24H20N4O3/c1-16-10-18(12-20(11-16)30-2)8-9-19-13-21(28-22(19)23(25)26-15-27-28)24(29)31-14-17-6-4-3-5-7-17/h3-7,10-13,15H,14H2,1-2H3,(H2,25,26,27). The molecule has 0 aliphatic rings. The van der Waals surface area contributed by atoms with Gasteiger partial charge in [-0.2, -0.15) is 5.10 Å². The number of fused-ring (bicyclic) bond motifs is 1. The maximum atomic E-state index is 12.8. The Morgan fingerprint density at radius 2 is 1.94 bits per heavy atom. The van der Waals surface area contributed by atoms with Crippen LogP contribution in [0.4, 0.5) is 5.82 Å². The van der Waals surface area contributed by atoms with Crippen molar-refractivity contribution in [1.82, 2.24) is 14.6 Å². The Balaban J connectivity index is 1.69. The molecule has 0 saturated carbocycles. The number of esters is 1. The molecule has 0 radical (unpaired) electrons. The number of nitrogen functional groups attached to an aromatic ring is 1. The van der Waals surface area contributed by atoms with Crippen LogP contribution in [0, 0.1) is 18.8 Å². The molecule has 0 amide bonds. The fourth-order valence-electron chi connectivity index (χ4n) is 3.18. The minimum atomic E-state index is -0.526. The van der Waals surface area contributed by atoms with E-state index in [-0.39, 0.29) is 18.1 Å². The van der Waals surface area contributed by atoms with Gasteiger partial charge in [-0.3, -0.25) is 0 Å². The highest BCUT2D eigenvalue weighted by molar-refractivity contribution is 5.92. The number of aryl methyl sites for hydroxylation is 1. The topological polar surface area (TPSA) is 91.7 Å². The summed E-state index contributed by atoms with van der Waals surface area (Å²) in [5, 5.41) is 4.17. The molecule has 0 unspecified atom stereocenters. The van der Waals surface area contributed by atoms with Crippen molar-refractivity contribution in [3.8, 4) is 17.6 Å². The van der Waals surface area contributed by atoms with Gasteiger partial charge in [0.2, 0.25) is 0 Å². The minimum Gasteiger partial charge on any atom is -0.497 e. The first-order chi connectivity index (χ1) is 15.0. The molecular formula is C24H20N4O3. The SMILES string of the molecule is COc1cc(C)cc(C#Cc2cc(C(=O)OCc3ccccc3)n3ncnc(N)c23)c1. The van der Waals surface area contributed by atoms with Crippen LogP contribution in [0.5, 0.6) is 5.75 Å². The van der Waals surface area contributed by atoms with E-state index in [2.05, 4.69) is 21.9 Å². The van der Waals surface area contributed by atoms with Crippen molar-refractivity contribution in [2.45, 2.75) is 13.5 Å². The van der Waals surface area contributed by atoms with E-state index in [1.54, 1.807) is 13.2 Å². The second kappa shape index (κ2) is 8.59. The zero-order valence-electron chi connectivity index (χ0n) is 17.1. The third kappa shape index (κ3) is 4.33. The van der Waals surface area contributed by atoms with Gasteiger partial charge < -0.3 is 15.2 Å². The Morgan fingerprint density at radius 3 is 2.71 bits per heavy atom. The van der Waals surface area contributed by atoms with E-state index in [1.165, 1.54) is 10.8 Å². The maximum Gasteiger partial charge on any atom is 0.357 e. The van der Waals surface area contributed by atoms with Gasteiger partial charge in [0.15, 0.2) is 11.5 Å². The van der Waals surface area contributed by atoms with Gasteiger partial charge in [-0.25, -0.2) is 14.3 Å². The molecular weight excluding hydrogens is 392 g/mol. The monoisotopic (exact) mass is 412 g/mol. The molecule has 0 saturated heterocycles. The van der Waals surface area contributed by atoms with Crippen molar-refractivity contribution in [2.75, 3.05) is 12.8 Å². The van der Waals surface area contributed by atoms with Gasteiger partial charge in [0.05, 0.1) is 12.7 Å². The number of carbonyl (C=O) groups excluding carboxylic acids is 1. The largest absolute Gasteiger partial charge is 0.497 e. The Labute approximate surface area is 179 Å². The van der Waals surface area contributed by atoms with Crippen LogP contribution in [0.15, 0.2) is 60.9 Å². The van der Waals surface area contributed by atoms with E-state index in [0.29, 0.717) is 11.1 Å². The average Bonchev–Trinajstić information content (AvgIpc) is 3.16. The lowest BCUT2D eigenvalue weighted by molar-refractivity contribution is 0.0463. The first-order valence-corrected chi connectivity index (χ1v) is 9.56. The zero-order valence-corrected chi connectivity index (χ0v) is 17.1. The molecule has 0 bridgehead atoms. The van der Waals surface area contributed by atoms with Gasteiger partial charge in [-0.05, 0) is 42.3 Å². The molecule has 2 aromatic carbocycles. The summed E-state index contributed by atoms with van der Waals surface area (Å²) in [4.78, 5) is 16.8. The quantitative estimate of drug-likeness (QED) is 0.408. The lowest BCUT2D eigenvalue weighted by atomic mass is 10.1. The van der Waals surface area contributed by atoms with E-state index < -0.39 is 5.97 Å². The van der Waals surface area contributed by atoms with Crippen LogP contribution >= 0.6 is 0 Å². The minimum absolute atomic E-state index is 0.150. The average molecular weight is 412 g/mol. The molecule has 0 atom stereocenters. The molecule has 7 heteroatoms. The van der Waals surface area contributed by atoms with E-state index >= 15 is 0 Å². The molecule has 31 heavy (non-hydrogen) atoms. The van der Waals surface area contributed by atoms with Crippen molar-refractivity contribution in [3.05, 3.63) is 88.9 Å². The number of nitrogens with two attached hydrogens (primary N) is 1. The molecule has 7 nitrogen and oxygen atoms in total. The molecule has 2 N–H and O–H groups in total. The fourth-order valence-corrected chi connectivity index (χ4v) is 3.18. The molecule has 4 rings (SSSR count). The molecule has 0 fully saturated rings. The third-order valence-electron chi connectivity index (χ3n) is 4.63. The fraction of sp³-hybridized carbons (Fsp3) is 0.125. The van der Waals surface area contributed by atoms with Gasteiger partial charge in [0.1, 0.15) is 24.2 Å². The van der Waals surface area contributed by atoms with Crippen molar-refractivity contribution < 1.29 is 14.3 Å². The summed E-state index contributed by atoms with van der Waals surface area (Å²) in [6, 6.07) is 16.8. The molecule has 4 aromatic rings. The summed E-state index contributed by atoms with van der Waals surface area (Å²) in [7, 11) is 1.61. The van der Waals surface area contributed by atoms with E-state index in [0.717, 1.165) is 22.4 Å². The maximum absolute atomic E-state index is 12.8. The first-order valence-electron chi connectivity index (χ1n) is 9.56. The van der Waals surface area contributed by atoms with Crippen LogP contribution in [-0.2, 0) is 11.3 Å². The van der Waals surface area contributed by atoms with Crippen molar-refractivity contribution in [2.24, 2.45) is 0 Å². The number of nitrogens with zero attached hydrogens (tertiary/aromatic N) is 3. The molecule has 2 heterocycles. The number of methoxy groups -OCH3 is 1. The number of anilines is 1. The molecule has 0 spiro atoms. The summed E-state index contributed by atoms with van der Waals surface area (Å²) >= 11 is 0. The van der Waals surface area contributed by atoms with Crippen molar-refractivity contribution in [3.63, 3.8) is 0 Å².